The number of rotatable bonds is 0. The summed E-state index contributed by atoms with van der Waals surface area (Å²) in [6.45, 7) is 0. The predicted molar refractivity (Wildman–Crippen MR) is 61.4 cm³/mol. The van der Waals surface area contributed by atoms with Crippen LogP contribution in [0.2, 0.25) is 0 Å². The molecule has 0 radical (unpaired) electrons. The molecule has 2 aliphatic rings. The first kappa shape index (κ1) is 8.85. The van der Waals surface area contributed by atoms with Crippen LogP contribution in [0.1, 0.15) is 16.5 Å². The molecule has 1 aliphatic carbocycles. The van der Waals surface area contributed by atoms with Crippen molar-refractivity contribution in [3.63, 3.8) is 0 Å². The molecule has 74 valence electrons. The van der Waals surface area contributed by atoms with Gasteiger partial charge in [0.2, 0.25) is 0 Å². The number of hydrogen-bond donors (Lipinski definition) is 0. The van der Waals surface area contributed by atoms with Crippen LogP contribution in [-0.2, 0) is 0 Å². The van der Waals surface area contributed by atoms with Gasteiger partial charge in [0.25, 0.3) is 5.91 Å². The van der Waals surface area contributed by atoms with Crippen molar-refractivity contribution in [2.45, 2.75) is 6.04 Å². The Balaban J connectivity index is 2.19. The zero-order valence-electron chi connectivity index (χ0n) is 7.72. The third-order valence-electron chi connectivity index (χ3n) is 2.55. The molecule has 15 heavy (non-hydrogen) atoms. The lowest BCUT2D eigenvalue weighted by molar-refractivity contribution is 0.0989. The van der Waals surface area contributed by atoms with Gasteiger partial charge >= 0.3 is 0 Å². The van der Waals surface area contributed by atoms with Crippen molar-refractivity contribution < 1.29 is 4.79 Å². The van der Waals surface area contributed by atoms with Gasteiger partial charge in [0.15, 0.2) is 0 Å². The lowest BCUT2D eigenvalue weighted by Gasteiger charge is -2.24. The minimum Gasteiger partial charge on any atom is -0.331 e. The molecule has 1 aromatic heterocycles. The number of aromatic nitrogens is 1. The van der Waals surface area contributed by atoms with Gasteiger partial charge in [-0.2, -0.15) is 0 Å². The molecule has 2 heterocycles. The monoisotopic (exact) mass is 262 g/mol. The maximum absolute atomic E-state index is 11.6. The number of halogens is 1. The summed E-state index contributed by atoms with van der Waals surface area (Å²) in [4.78, 5) is 15.7. The first-order chi connectivity index (χ1) is 7.25. The number of carbonyl (C=O) groups excluding carboxylic acids is 1. The lowest BCUT2D eigenvalue weighted by atomic mass is 10.0. The quantitative estimate of drug-likeness (QED) is 0.708. The summed E-state index contributed by atoms with van der Waals surface area (Å²) in [5, 5.41) is 0. The number of fused-ring (bicyclic) bond motifs is 3. The fraction of sp³-hybridized carbons (Fsp3) is 0.0909. The van der Waals surface area contributed by atoms with Crippen LogP contribution in [-0.4, -0.2) is 16.2 Å². The number of carbonyl (C=O) groups is 1. The van der Waals surface area contributed by atoms with Gasteiger partial charge in [-0.15, -0.1) is 0 Å². The average molecular weight is 263 g/mol. The molecule has 1 amide bonds. The Morgan fingerprint density at radius 3 is 3.20 bits per heavy atom. The van der Waals surface area contributed by atoms with Gasteiger partial charge < -0.3 is 4.57 Å². The van der Waals surface area contributed by atoms with Gasteiger partial charge in [-0.05, 0) is 24.3 Å². The van der Waals surface area contributed by atoms with Crippen molar-refractivity contribution in [1.29, 1.82) is 0 Å². The molecule has 0 fully saturated rings. The van der Waals surface area contributed by atoms with Gasteiger partial charge in [-0.3, -0.25) is 4.79 Å². The van der Waals surface area contributed by atoms with Crippen LogP contribution in [0.25, 0.3) is 0 Å². The van der Waals surface area contributed by atoms with E-state index in [1.807, 2.05) is 35.1 Å². The van der Waals surface area contributed by atoms with E-state index in [0.29, 0.717) is 5.69 Å². The molecular weight excluding hydrogens is 256 g/mol. The van der Waals surface area contributed by atoms with E-state index in [1.54, 1.807) is 6.07 Å². The smallest absolute Gasteiger partial charge is 0.293 e. The van der Waals surface area contributed by atoms with Crippen molar-refractivity contribution in [2.24, 2.45) is 4.99 Å². The molecule has 0 bridgehead atoms. The third-order valence-corrected chi connectivity index (χ3v) is 3.05. The van der Waals surface area contributed by atoms with Crippen LogP contribution in [0, 0.1) is 0 Å². The van der Waals surface area contributed by atoms with E-state index in [0.717, 1.165) is 10.2 Å². The molecule has 1 aromatic rings. The summed E-state index contributed by atoms with van der Waals surface area (Å²) >= 11 is 3.37. The second-order valence-corrected chi connectivity index (χ2v) is 4.39. The highest BCUT2D eigenvalue weighted by atomic mass is 79.9. The fourth-order valence-electron chi connectivity index (χ4n) is 1.88. The van der Waals surface area contributed by atoms with Crippen LogP contribution in [0.5, 0.6) is 0 Å². The molecule has 0 saturated carbocycles. The normalized spacial score (nSPS) is 23.0. The largest absolute Gasteiger partial charge is 0.331 e. The SMILES string of the molecule is O=C1N=C2C=C(Br)C=CC2n2cccc21. The summed E-state index contributed by atoms with van der Waals surface area (Å²) in [5.74, 6) is -0.168. The van der Waals surface area contributed by atoms with Crippen LogP contribution in [0.3, 0.4) is 0 Å². The Kier molecular flexibility index (Phi) is 1.79. The van der Waals surface area contributed by atoms with Crippen LogP contribution in [0.4, 0.5) is 0 Å². The number of allylic oxidation sites excluding steroid dienone is 4. The standard InChI is InChI=1S/C11H7BrN2O/c12-7-3-4-9-8(6-7)13-11(15)10-2-1-5-14(9)10/h1-6,9H. The molecule has 1 aliphatic heterocycles. The topological polar surface area (TPSA) is 34.4 Å². The van der Waals surface area contributed by atoms with Crippen LogP contribution < -0.4 is 0 Å². The Bertz CT molecular complexity index is 537. The molecule has 1 atom stereocenters. The lowest BCUT2D eigenvalue weighted by Crippen LogP contribution is -2.26. The third kappa shape index (κ3) is 1.25. The van der Waals surface area contributed by atoms with E-state index in [4.69, 9.17) is 0 Å². The van der Waals surface area contributed by atoms with Gasteiger partial charge in [0.1, 0.15) is 5.69 Å². The highest BCUT2D eigenvalue weighted by Crippen LogP contribution is 2.27. The minimum absolute atomic E-state index is 0.0639. The summed E-state index contributed by atoms with van der Waals surface area (Å²) in [6, 6.07) is 3.73. The van der Waals surface area contributed by atoms with E-state index in [-0.39, 0.29) is 11.9 Å². The summed E-state index contributed by atoms with van der Waals surface area (Å²) in [7, 11) is 0. The van der Waals surface area contributed by atoms with Gasteiger partial charge in [-0.25, -0.2) is 4.99 Å². The molecule has 3 rings (SSSR count). The summed E-state index contributed by atoms with van der Waals surface area (Å²) in [6.07, 6.45) is 7.79. The van der Waals surface area contributed by atoms with E-state index in [1.165, 1.54) is 0 Å². The molecule has 0 spiro atoms. The number of nitrogens with zero attached hydrogens (tertiary/aromatic N) is 2. The Labute approximate surface area is 94.9 Å². The predicted octanol–water partition coefficient (Wildman–Crippen LogP) is 2.47. The van der Waals surface area contributed by atoms with Gasteiger partial charge in [0.05, 0.1) is 11.8 Å². The zero-order valence-corrected chi connectivity index (χ0v) is 9.31. The van der Waals surface area contributed by atoms with Crippen LogP contribution >= 0.6 is 15.9 Å². The number of aliphatic imine (C=N–C) groups is 1. The second-order valence-electron chi connectivity index (χ2n) is 3.48. The van der Waals surface area contributed by atoms with Crippen molar-refractivity contribution in [3.05, 3.63) is 46.7 Å². The number of amides is 1. The van der Waals surface area contributed by atoms with E-state index < -0.39 is 0 Å². The number of hydrogen-bond acceptors (Lipinski definition) is 1. The molecule has 1 unspecified atom stereocenters. The van der Waals surface area contributed by atoms with Crippen molar-refractivity contribution >= 4 is 27.5 Å². The molecule has 4 heteroatoms. The second kappa shape index (κ2) is 3.03. The average Bonchev–Trinajstić information content (AvgIpc) is 2.66. The summed E-state index contributed by atoms with van der Waals surface area (Å²) < 4.78 is 2.89. The van der Waals surface area contributed by atoms with Crippen LogP contribution in [0.15, 0.2) is 46.0 Å². The Morgan fingerprint density at radius 1 is 1.47 bits per heavy atom. The van der Waals surface area contributed by atoms with Crippen molar-refractivity contribution in [3.8, 4) is 0 Å². The summed E-state index contributed by atoms with van der Waals surface area (Å²) in [5.41, 5.74) is 1.44. The first-order valence-corrected chi connectivity index (χ1v) is 5.40. The van der Waals surface area contributed by atoms with E-state index >= 15 is 0 Å². The van der Waals surface area contributed by atoms with Gasteiger partial charge in [-0.1, -0.05) is 22.0 Å². The maximum atomic E-state index is 11.6. The Morgan fingerprint density at radius 2 is 2.33 bits per heavy atom. The fourth-order valence-corrected chi connectivity index (χ4v) is 2.27. The maximum Gasteiger partial charge on any atom is 0.293 e. The molecular formula is C11H7BrN2O. The van der Waals surface area contributed by atoms with E-state index in [9.17, 15) is 4.79 Å². The van der Waals surface area contributed by atoms with Crippen molar-refractivity contribution in [2.75, 3.05) is 0 Å². The minimum atomic E-state index is -0.168. The molecule has 3 nitrogen and oxygen atoms in total. The molecule has 0 aromatic carbocycles. The molecule has 0 saturated heterocycles. The highest BCUT2D eigenvalue weighted by Gasteiger charge is 2.26. The van der Waals surface area contributed by atoms with E-state index in [2.05, 4.69) is 20.9 Å². The highest BCUT2D eigenvalue weighted by molar-refractivity contribution is 9.11. The van der Waals surface area contributed by atoms with Gasteiger partial charge in [0, 0.05) is 10.7 Å². The van der Waals surface area contributed by atoms with Crippen molar-refractivity contribution in [1.82, 2.24) is 4.57 Å². The zero-order chi connectivity index (χ0) is 10.4. The molecule has 0 N–H and O–H groups in total. The first-order valence-electron chi connectivity index (χ1n) is 4.61. The Hall–Kier alpha value is -1.42.